The zero-order valence-electron chi connectivity index (χ0n) is 12.9. The van der Waals surface area contributed by atoms with Gasteiger partial charge in [0.05, 0.1) is 19.1 Å². The van der Waals surface area contributed by atoms with Gasteiger partial charge in [-0.3, -0.25) is 4.79 Å². The van der Waals surface area contributed by atoms with E-state index in [1.54, 1.807) is 12.0 Å². The van der Waals surface area contributed by atoms with Gasteiger partial charge in [0.15, 0.2) is 0 Å². The number of benzene rings is 1. The van der Waals surface area contributed by atoms with E-state index in [0.29, 0.717) is 26.0 Å². The van der Waals surface area contributed by atoms with Crippen LogP contribution < -0.4 is 14.8 Å². The van der Waals surface area contributed by atoms with Crippen LogP contribution in [-0.4, -0.2) is 54.9 Å². The van der Waals surface area contributed by atoms with E-state index in [-0.39, 0.29) is 18.6 Å². The summed E-state index contributed by atoms with van der Waals surface area (Å²) in [5.74, 6) is 0.214. The third-order valence-electron chi connectivity index (χ3n) is 4.33. The third kappa shape index (κ3) is 3.33. The fourth-order valence-corrected chi connectivity index (χ4v) is 2.98. The van der Waals surface area contributed by atoms with Crippen LogP contribution in [0.25, 0.3) is 0 Å². The molecular weight excluding hydrogens is 300 g/mol. The Morgan fingerprint density at radius 1 is 1.43 bits per heavy atom. The van der Waals surface area contributed by atoms with E-state index in [1.807, 2.05) is 18.2 Å². The van der Waals surface area contributed by atoms with Gasteiger partial charge in [-0.25, -0.2) is 4.79 Å². The molecule has 7 nitrogen and oxygen atoms in total. The molecule has 0 bridgehead atoms. The molecule has 1 fully saturated rings. The first-order chi connectivity index (χ1) is 11.1. The standard InChI is InChI=1S/C16H20N2O5/c1-22-13-3-2-10-6-12(9-23-14(10)7-13)17-16(21)18-5-4-11(8-18)15(19)20/h2-3,7,11-12H,4-6,8-9H2,1H3,(H,17,21)(H,19,20). The van der Waals surface area contributed by atoms with Crippen molar-refractivity contribution in [2.45, 2.75) is 18.9 Å². The SMILES string of the molecule is COc1ccc2c(c1)OCC(NC(=O)N1CCC(C(=O)O)C1)C2. The topological polar surface area (TPSA) is 88.1 Å². The zero-order chi connectivity index (χ0) is 16.4. The van der Waals surface area contributed by atoms with Crippen LogP contribution in [0.5, 0.6) is 11.5 Å². The van der Waals surface area contributed by atoms with Crippen molar-refractivity contribution in [2.75, 3.05) is 26.8 Å². The minimum Gasteiger partial charge on any atom is -0.497 e. The number of ether oxygens (including phenoxy) is 2. The van der Waals surface area contributed by atoms with Gasteiger partial charge < -0.3 is 24.8 Å². The number of nitrogens with zero attached hydrogens (tertiary/aromatic N) is 1. The van der Waals surface area contributed by atoms with E-state index < -0.39 is 11.9 Å². The van der Waals surface area contributed by atoms with E-state index >= 15 is 0 Å². The van der Waals surface area contributed by atoms with Crippen LogP contribution in [0.2, 0.25) is 0 Å². The minimum absolute atomic E-state index is 0.118. The highest BCUT2D eigenvalue weighted by Crippen LogP contribution is 2.29. The van der Waals surface area contributed by atoms with Gasteiger partial charge in [0.25, 0.3) is 0 Å². The predicted molar refractivity (Wildman–Crippen MR) is 81.8 cm³/mol. The molecule has 1 aromatic rings. The van der Waals surface area contributed by atoms with E-state index in [1.165, 1.54) is 0 Å². The van der Waals surface area contributed by atoms with Gasteiger partial charge in [0.2, 0.25) is 0 Å². The van der Waals surface area contributed by atoms with Crippen molar-refractivity contribution in [3.63, 3.8) is 0 Å². The van der Waals surface area contributed by atoms with Gasteiger partial charge >= 0.3 is 12.0 Å². The molecule has 2 unspecified atom stereocenters. The van der Waals surface area contributed by atoms with Crippen LogP contribution in [0, 0.1) is 5.92 Å². The molecule has 0 aromatic heterocycles. The molecule has 124 valence electrons. The summed E-state index contributed by atoms with van der Waals surface area (Å²) < 4.78 is 10.9. The van der Waals surface area contributed by atoms with Crippen molar-refractivity contribution < 1.29 is 24.2 Å². The Hall–Kier alpha value is -2.44. The summed E-state index contributed by atoms with van der Waals surface area (Å²) in [6.07, 6.45) is 1.19. The fraction of sp³-hybridized carbons (Fsp3) is 0.500. The minimum atomic E-state index is -0.843. The molecule has 0 aliphatic carbocycles. The highest BCUT2D eigenvalue weighted by atomic mass is 16.5. The Kier molecular flexibility index (Phi) is 4.27. The van der Waals surface area contributed by atoms with Gasteiger partial charge in [-0.15, -0.1) is 0 Å². The number of nitrogens with one attached hydrogen (secondary N) is 1. The van der Waals surface area contributed by atoms with Crippen LogP contribution in [0.3, 0.4) is 0 Å². The third-order valence-corrected chi connectivity index (χ3v) is 4.33. The number of carbonyl (C=O) groups excluding carboxylic acids is 1. The second-order valence-corrected chi connectivity index (χ2v) is 5.91. The molecule has 2 amide bonds. The average molecular weight is 320 g/mol. The smallest absolute Gasteiger partial charge is 0.317 e. The number of fused-ring (bicyclic) bond motifs is 1. The first-order valence-corrected chi connectivity index (χ1v) is 7.65. The Morgan fingerprint density at radius 2 is 2.26 bits per heavy atom. The number of amides is 2. The summed E-state index contributed by atoms with van der Waals surface area (Å²) in [5.41, 5.74) is 1.02. The number of carboxylic acid groups (broad SMARTS) is 1. The number of rotatable bonds is 3. The largest absolute Gasteiger partial charge is 0.497 e. The molecule has 0 saturated carbocycles. The summed E-state index contributed by atoms with van der Waals surface area (Å²) >= 11 is 0. The summed E-state index contributed by atoms with van der Waals surface area (Å²) in [5, 5.41) is 11.9. The molecule has 23 heavy (non-hydrogen) atoms. The van der Waals surface area contributed by atoms with Gasteiger partial charge in [-0.1, -0.05) is 6.07 Å². The molecule has 2 heterocycles. The monoisotopic (exact) mass is 320 g/mol. The summed E-state index contributed by atoms with van der Waals surface area (Å²) in [4.78, 5) is 24.8. The second kappa shape index (κ2) is 6.36. The van der Waals surface area contributed by atoms with Crippen molar-refractivity contribution >= 4 is 12.0 Å². The first-order valence-electron chi connectivity index (χ1n) is 7.65. The number of carbonyl (C=O) groups is 2. The van der Waals surface area contributed by atoms with Crippen molar-refractivity contribution in [1.82, 2.24) is 10.2 Å². The highest BCUT2D eigenvalue weighted by molar-refractivity contribution is 5.77. The van der Waals surface area contributed by atoms with E-state index in [2.05, 4.69) is 5.32 Å². The maximum absolute atomic E-state index is 12.2. The van der Waals surface area contributed by atoms with Crippen LogP contribution in [0.4, 0.5) is 4.79 Å². The second-order valence-electron chi connectivity index (χ2n) is 5.91. The summed E-state index contributed by atoms with van der Waals surface area (Å²) in [7, 11) is 1.61. The Balaban J connectivity index is 1.57. The van der Waals surface area contributed by atoms with Crippen molar-refractivity contribution in [3.05, 3.63) is 23.8 Å². The average Bonchev–Trinajstić information content (AvgIpc) is 3.04. The number of hydrogen-bond acceptors (Lipinski definition) is 4. The van der Waals surface area contributed by atoms with E-state index in [9.17, 15) is 9.59 Å². The van der Waals surface area contributed by atoms with Gasteiger partial charge in [0.1, 0.15) is 18.1 Å². The lowest BCUT2D eigenvalue weighted by atomic mass is 10.0. The normalized spacial score (nSPS) is 22.9. The number of urea groups is 1. The lowest BCUT2D eigenvalue weighted by molar-refractivity contribution is -0.141. The van der Waals surface area contributed by atoms with Gasteiger partial charge in [0, 0.05) is 19.2 Å². The number of likely N-dealkylation sites (tertiary alicyclic amines) is 1. The van der Waals surface area contributed by atoms with Crippen LogP contribution in [0.1, 0.15) is 12.0 Å². The summed E-state index contributed by atoms with van der Waals surface area (Å²) in [6.45, 7) is 1.13. The molecular formula is C16H20N2O5. The highest BCUT2D eigenvalue weighted by Gasteiger charge is 2.32. The molecule has 1 saturated heterocycles. The number of hydrogen-bond donors (Lipinski definition) is 2. The molecule has 0 radical (unpaired) electrons. The zero-order valence-corrected chi connectivity index (χ0v) is 12.9. The van der Waals surface area contributed by atoms with Crippen molar-refractivity contribution in [1.29, 1.82) is 0 Å². The van der Waals surface area contributed by atoms with Crippen LogP contribution in [0.15, 0.2) is 18.2 Å². The molecule has 3 rings (SSSR count). The number of methoxy groups -OCH3 is 1. The lowest BCUT2D eigenvalue weighted by Gasteiger charge is -2.28. The van der Waals surface area contributed by atoms with Gasteiger partial charge in [-0.05, 0) is 24.5 Å². The summed E-state index contributed by atoms with van der Waals surface area (Å²) in [6, 6.07) is 5.30. The van der Waals surface area contributed by atoms with E-state index in [0.717, 1.165) is 17.1 Å². The van der Waals surface area contributed by atoms with Crippen molar-refractivity contribution in [2.24, 2.45) is 5.92 Å². The molecule has 2 aliphatic rings. The Bertz CT molecular complexity index is 618. The Morgan fingerprint density at radius 3 is 2.96 bits per heavy atom. The molecule has 2 atom stereocenters. The predicted octanol–water partition coefficient (Wildman–Crippen LogP) is 1.11. The fourth-order valence-electron chi connectivity index (χ4n) is 2.98. The van der Waals surface area contributed by atoms with Crippen LogP contribution >= 0.6 is 0 Å². The molecule has 2 N–H and O–H groups in total. The molecule has 0 spiro atoms. The first kappa shape index (κ1) is 15.5. The number of carboxylic acids is 1. The van der Waals surface area contributed by atoms with E-state index in [4.69, 9.17) is 14.6 Å². The maximum atomic E-state index is 12.2. The molecule has 1 aromatic carbocycles. The maximum Gasteiger partial charge on any atom is 0.317 e. The number of aliphatic carboxylic acids is 1. The lowest BCUT2D eigenvalue weighted by Crippen LogP contribution is -2.48. The Labute approximate surface area is 134 Å². The van der Waals surface area contributed by atoms with Crippen LogP contribution in [-0.2, 0) is 11.2 Å². The van der Waals surface area contributed by atoms with Gasteiger partial charge in [-0.2, -0.15) is 0 Å². The van der Waals surface area contributed by atoms with Crippen molar-refractivity contribution in [3.8, 4) is 11.5 Å². The molecule has 7 heteroatoms. The molecule has 2 aliphatic heterocycles. The quantitative estimate of drug-likeness (QED) is 0.871.